The van der Waals surface area contributed by atoms with Crippen LogP contribution in [0.25, 0.3) is 0 Å². The first-order chi connectivity index (χ1) is 10.2. The maximum atomic E-state index is 12.4. The lowest BCUT2D eigenvalue weighted by molar-refractivity contribution is -0.130. The van der Waals surface area contributed by atoms with Crippen LogP contribution in [0.15, 0.2) is 10.4 Å². The van der Waals surface area contributed by atoms with E-state index in [2.05, 4.69) is 10.3 Å². The van der Waals surface area contributed by atoms with Gasteiger partial charge in [0.15, 0.2) is 9.34 Å². The van der Waals surface area contributed by atoms with Gasteiger partial charge >= 0.3 is 0 Å². The third-order valence-electron chi connectivity index (χ3n) is 2.91. The van der Waals surface area contributed by atoms with Gasteiger partial charge in [-0.15, -0.1) is 0 Å². The number of hydrogen-bond acceptors (Lipinski definition) is 6. The highest BCUT2D eigenvalue weighted by atomic mass is 32.2. The average Bonchev–Trinajstić information content (AvgIpc) is 2.88. The van der Waals surface area contributed by atoms with Gasteiger partial charge in [0.1, 0.15) is 0 Å². The smallest absolute Gasteiger partial charge is 0.254 e. The van der Waals surface area contributed by atoms with E-state index in [1.54, 1.807) is 4.90 Å². The van der Waals surface area contributed by atoms with Crippen LogP contribution in [0.5, 0.6) is 0 Å². The van der Waals surface area contributed by atoms with E-state index < -0.39 is 10.0 Å². The van der Waals surface area contributed by atoms with Gasteiger partial charge in [0.2, 0.25) is 11.8 Å². The minimum atomic E-state index is -3.81. The zero-order valence-electron chi connectivity index (χ0n) is 13.0. The molecule has 0 fully saturated rings. The summed E-state index contributed by atoms with van der Waals surface area (Å²) in [7, 11) is -2.47. The number of likely N-dealkylation sites (N-methyl/N-ethyl adjacent to an activating group) is 2. The molecule has 0 aliphatic rings. The van der Waals surface area contributed by atoms with E-state index in [9.17, 15) is 18.0 Å². The Labute approximate surface area is 134 Å². The van der Waals surface area contributed by atoms with E-state index in [4.69, 9.17) is 0 Å². The minimum Gasteiger partial charge on any atom is -0.342 e. The molecule has 0 aromatic carbocycles. The van der Waals surface area contributed by atoms with Crippen molar-refractivity contribution in [3.05, 3.63) is 6.20 Å². The van der Waals surface area contributed by atoms with E-state index in [1.807, 2.05) is 13.8 Å². The van der Waals surface area contributed by atoms with Crippen molar-refractivity contribution in [2.24, 2.45) is 0 Å². The van der Waals surface area contributed by atoms with Crippen LogP contribution >= 0.6 is 11.3 Å². The fraction of sp³-hybridized carbons (Fsp3) is 0.583. The Morgan fingerprint density at radius 2 is 1.91 bits per heavy atom. The van der Waals surface area contributed by atoms with Gasteiger partial charge in [-0.25, -0.2) is 13.4 Å². The number of rotatable bonds is 7. The summed E-state index contributed by atoms with van der Waals surface area (Å²) >= 11 is 0.846. The number of amides is 2. The molecule has 1 rings (SSSR count). The summed E-state index contributed by atoms with van der Waals surface area (Å²) < 4.78 is 25.7. The molecule has 0 bridgehead atoms. The highest BCUT2D eigenvalue weighted by Crippen LogP contribution is 2.25. The number of carbonyl (C=O) groups is 2. The van der Waals surface area contributed by atoms with Crippen LogP contribution in [0.4, 0.5) is 5.13 Å². The van der Waals surface area contributed by atoms with E-state index in [1.165, 1.54) is 20.2 Å². The van der Waals surface area contributed by atoms with Crippen molar-refractivity contribution in [3.8, 4) is 0 Å². The molecule has 8 nitrogen and oxygen atoms in total. The number of carbonyl (C=O) groups excluding carboxylic acids is 2. The molecule has 1 N–H and O–H groups in total. The van der Waals surface area contributed by atoms with E-state index in [-0.39, 0.29) is 27.7 Å². The Balaban J connectivity index is 2.87. The van der Waals surface area contributed by atoms with Crippen molar-refractivity contribution in [2.75, 3.05) is 32.0 Å². The number of nitrogens with one attached hydrogen (secondary N) is 1. The molecule has 1 aromatic rings. The lowest BCUT2D eigenvalue weighted by Crippen LogP contribution is -2.40. The van der Waals surface area contributed by atoms with E-state index >= 15 is 0 Å². The molecule has 1 heterocycles. The molecule has 0 radical (unpaired) electrons. The van der Waals surface area contributed by atoms with Crippen LogP contribution in [0, 0.1) is 0 Å². The van der Waals surface area contributed by atoms with Crippen molar-refractivity contribution in [3.63, 3.8) is 0 Å². The van der Waals surface area contributed by atoms with Crippen LogP contribution in [-0.4, -0.2) is 61.1 Å². The van der Waals surface area contributed by atoms with Crippen molar-refractivity contribution >= 4 is 38.3 Å². The van der Waals surface area contributed by atoms with Crippen molar-refractivity contribution in [1.29, 1.82) is 0 Å². The van der Waals surface area contributed by atoms with Crippen LogP contribution in [0.3, 0.4) is 0 Å². The van der Waals surface area contributed by atoms with Crippen molar-refractivity contribution < 1.29 is 18.0 Å². The number of nitrogens with zero attached hydrogens (tertiary/aromatic N) is 3. The lowest BCUT2D eigenvalue weighted by atomic mass is 10.4. The van der Waals surface area contributed by atoms with Crippen LogP contribution in [0.2, 0.25) is 0 Å². The summed E-state index contributed by atoms with van der Waals surface area (Å²) in [5, 5.41) is 2.63. The number of aromatic nitrogens is 1. The number of sulfonamides is 1. The molecule has 124 valence electrons. The fourth-order valence-electron chi connectivity index (χ4n) is 1.69. The predicted octanol–water partition coefficient (Wildman–Crippen LogP) is 0.590. The third-order valence-corrected chi connectivity index (χ3v) is 6.06. The van der Waals surface area contributed by atoms with Gasteiger partial charge in [-0.3, -0.25) is 9.59 Å². The number of hydrogen-bond donors (Lipinski definition) is 1. The number of thiazole rings is 1. The molecule has 0 spiro atoms. The highest BCUT2D eigenvalue weighted by Gasteiger charge is 2.26. The predicted molar refractivity (Wildman–Crippen MR) is 84.2 cm³/mol. The van der Waals surface area contributed by atoms with Gasteiger partial charge in [0.25, 0.3) is 10.0 Å². The molecule has 0 saturated heterocycles. The maximum Gasteiger partial charge on any atom is 0.254 e. The molecule has 0 atom stereocenters. The van der Waals surface area contributed by atoms with Gasteiger partial charge in [-0.05, 0) is 13.8 Å². The molecule has 10 heteroatoms. The minimum absolute atomic E-state index is 0.0221. The molecular weight excluding hydrogens is 328 g/mol. The molecule has 0 unspecified atom stereocenters. The first-order valence-electron chi connectivity index (χ1n) is 6.69. The first-order valence-corrected chi connectivity index (χ1v) is 8.95. The molecule has 22 heavy (non-hydrogen) atoms. The summed E-state index contributed by atoms with van der Waals surface area (Å²) in [5.74, 6) is -0.592. The van der Waals surface area contributed by atoms with Gasteiger partial charge in [-0.1, -0.05) is 11.3 Å². The van der Waals surface area contributed by atoms with Gasteiger partial charge < -0.3 is 10.2 Å². The maximum absolute atomic E-state index is 12.4. The Hall–Kier alpha value is -1.52. The fourth-order valence-corrected chi connectivity index (χ4v) is 4.10. The zero-order chi connectivity index (χ0) is 16.9. The Kier molecular flexibility index (Phi) is 6.45. The quantitative estimate of drug-likeness (QED) is 0.777. The normalized spacial score (nSPS) is 11.5. The molecule has 0 saturated carbocycles. The van der Waals surface area contributed by atoms with E-state index in [0.717, 1.165) is 15.6 Å². The Morgan fingerprint density at radius 3 is 2.41 bits per heavy atom. The SMILES string of the molecule is CCN(CC)C(=O)CN(C)S(=O)(=O)c1cnc(NC(C)=O)s1. The Morgan fingerprint density at radius 1 is 1.32 bits per heavy atom. The summed E-state index contributed by atoms with van der Waals surface area (Å²) in [4.78, 5) is 28.3. The summed E-state index contributed by atoms with van der Waals surface area (Å²) in [6.45, 7) is 5.78. The van der Waals surface area contributed by atoms with Gasteiger partial charge in [-0.2, -0.15) is 4.31 Å². The summed E-state index contributed by atoms with van der Waals surface area (Å²) in [6.07, 6.45) is 1.17. The zero-order valence-corrected chi connectivity index (χ0v) is 14.6. The molecule has 0 aliphatic heterocycles. The number of anilines is 1. The van der Waals surface area contributed by atoms with E-state index in [0.29, 0.717) is 13.1 Å². The average molecular weight is 348 g/mol. The second-order valence-corrected chi connectivity index (χ2v) is 7.80. The van der Waals surface area contributed by atoms with Crippen LogP contribution < -0.4 is 5.32 Å². The highest BCUT2D eigenvalue weighted by molar-refractivity contribution is 7.91. The lowest BCUT2D eigenvalue weighted by Gasteiger charge is -2.22. The van der Waals surface area contributed by atoms with Gasteiger partial charge in [0.05, 0.1) is 12.7 Å². The molecule has 2 amide bonds. The Bertz CT molecular complexity index is 637. The molecular formula is C12H20N4O4S2. The first kappa shape index (κ1) is 18.5. The monoisotopic (exact) mass is 348 g/mol. The van der Waals surface area contributed by atoms with Crippen LogP contribution in [0.1, 0.15) is 20.8 Å². The standard InChI is InChI=1S/C12H20N4O4S2/c1-5-16(6-2)10(18)8-15(4)22(19,20)11-7-13-12(21-11)14-9(3)17/h7H,5-6,8H2,1-4H3,(H,13,14,17). The summed E-state index contributed by atoms with van der Waals surface area (Å²) in [5.41, 5.74) is 0. The van der Waals surface area contributed by atoms with Crippen molar-refractivity contribution in [2.45, 2.75) is 25.0 Å². The topological polar surface area (TPSA) is 99.7 Å². The second-order valence-electron chi connectivity index (χ2n) is 4.49. The largest absolute Gasteiger partial charge is 0.342 e. The second kappa shape index (κ2) is 7.65. The van der Waals surface area contributed by atoms with Crippen LogP contribution in [-0.2, 0) is 19.6 Å². The molecule has 1 aromatic heterocycles. The van der Waals surface area contributed by atoms with Crippen molar-refractivity contribution in [1.82, 2.24) is 14.2 Å². The molecule has 0 aliphatic carbocycles. The summed E-state index contributed by atoms with van der Waals surface area (Å²) in [6, 6.07) is 0. The third kappa shape index (κ3) is 4.49. The van der Waals surface area contributed by atoms with Gasteiger partial charge in [0, 0.05) is 27.1 Å².